The molecule has 47 heavy (non-hydrogen) atoms. The van der Waals surface area contributed by atoms with Crippen molar-refractivity contribution in [1.29, 1.82) is 0 Å². The van der Waals surface area contributed by atoms with Gasteiger partial charge < -0.3 is 4.90 Å². The number of rotatable bonds is 7. The molecule has 8 rings (SSSR count). The third kappa shape index (κ3) is 5.80. The van der Waals surface area contributed by atoms with Crippen molar-refractivity contribution in [3.05, 3.63) is 193 Å². The molecule has 0 saturated carbocycles. The van der Waals surface area contributed by atoms with Crippen molar-refractivity contribution in [2.24, 2.45) is 0 Å². The Balaban J connectivity index is 1.28. The van der Waals surface area contributed by atoms with Gasteiger partial charge in [-0.05, 0) is 105 Å². The van der Waals surface area contributed by atoms with Crippen LogP contribution in [0.2, 0.25) is 0 Å². The predicted molar refractivity (Wildman–Crippen MR) is 200 cm³/mol. The minimum absolute atomic E-state index is 1.09. The van der Waals surface area contributed by atoms with E-state index in [1.165, 1.54) is 55.6 Å². The number of anilines is 3. The lowest BCUT2D eigenvalue weighted by Crippen LogP contribution is -2.10. The molecule has 0 spiro atoms. The molecule has 0 fully saturated rings. The molecule has 0 aromatic heterocycles. The zero-order chi connectivity index (χ0) is 31.4. The van der Waals surface area contributed by atoms with Crippen LogP contribution < -0.4 is 4.90 Å². The molecule has 1 nitrogen and oxygen atoms in total. The van der Waals surface area contributed by atoms with Crippen molar-refractivity contribution in [3.8, 4) is 44.5 Å². The van der Waals surface area contributed by atoms with Gasteiger partial charge in [0.2, 0.25) is 0 Å². The molecule has 7 aromatic rings. The van der Waals surface area contributed by atoms with E-state index in [0.29, 0.717) is 0 Å². The van der Waals surface area contributed by atoms with E-state index in [1.807, 2.05) is 0 Å². The first-order valence-electron chi connectivity index (χ1n) is 16.4. The number of hydrogen-bond donors (Lipinski definition) is 0. The summed E-state index contributed by atoms with van der Waals surface area (Å²) in [7, 11) is 0. The maximum atomic E-state index is 2.38. The highest BCUT2D eigenvalue weighted by Crippen LogP contribution is 2.43. The number of benzene rings is 7. The van der Waals surface area contributed by atoms with Crippen LogP contribution in [0.4, 0.5) is 17.1 Å². The van der Waals surface area contributed by atoms with E-state index in [9.17, 15) is 0 Å². The molecule has 0 radical (unpaired) electrons. The largest absolute Gasteiger partial charge is 0.310 e. The van der Waals surface area contributed by atoms with Crippen LogP contribution in [0.5, 0.6) is 0 Å². The van der Waals surface area contributed by atoms with Crippen molar-refractivity contribution in [1.82, 2.24) is 0 Å². The van der Waals surface area contributed by atoms with E-state index in [1.54, 1.807) is 0 Å². The van der Waals surface area contributed by atoms with Gasteiger partial charge in [-0.25, -0.2) is 0 Å². The van der Waals surface area contributed by atoms with Gasteiger partial charge in [-0.1, -0.05) is 152 Å². The second kappa shape index (κ2) is 12.8. The van der Waals surface area contributed by atoms with E-state index >= 15 is 0 Å². The molecule has 0 N–H and O–H groups in total. The Hall–Kier alpha value is -5.92. The predicted octanol–water partition coefficient (Wildman–Crippen LogP) is 12.8. The van der Waals surface area contributed by atoms with Gasteiger partial charge in [0, 0.05) is 17.1 Å². The lowest BCUT2D eigenvalue weighted by atomic mass is 9.86. The first-order chi connectivity index (χ1) is 23.3. The Labute approximate surface area is 277 Å². The highest BCUT2D eigenvalue weighted by Gasteiger charge is 2.19. The van der Waals surface area contributed by atoms with E-state index in [2.05, 4.69) is 193 Å². The zero-order valence-corrected chi connectivity index (χ0v) is 26.3. The fourth-order valence-electron chi connectivity index (χ4n) is 6.78. The van der Waals surface area contributed by atoms with Crippen molar-refractivity contribution >= 4 is 23.1 Å². The molecular weight excluding hydrogens is 567 g/mol. The molecule has 0 atom stereocenters. The standard InChI is InChI=1S/C46H35N/c1-4-13-34(14-5-1)36-23-27-40(28-24-36)47(41-29-25-37(26-30-41)35-15-6-2-7-16-35)42-31-32-45(46(33-42)39-17-8-3-9-18-39)44-22-12-20-38-19-10-11-21-43(38)44/h1-9,11-18,20-33H,10,19H2. The van der Waals surface area contributed by atoms with E-state index in [4.69, 9.17) is 0 Å². The maximum Gasteiger partial charge on any atom is 0.0468 e. The maximum absolute atomic E-state index is 2.38. The monoisotopic (exact) mass is 601 g/mol. The summed E-state index contributed by atoms with van der Waals surface area (Å²) in [5.41, 5.74) is 15.9. The third-order valence-corrected chi connectivity index (χ3v) is 9.16. The Bertz CT molecular complexity index is 2060. The summed E-state index contributed by atoms with van der Waals surface area (Å²) in [6.07, 6.45) is 6.81. The first-order valence-corrected chi connectivity index (χ1v) is 16.4. The normalized spacial score (nSPS) is 12.0. The molecule has 0 bridgehead atoms. The summed E-state index contributed by atoms with van der Waals surface area (Å²) in [4.78, 5) is 2.38. The molecule has 0 heterocycles. The topological polar surface area (TPSA) is 3.24 Å². The van der Waals surface area contributed by atoms with Crippen molar-refractivity contribution in [2.75, 3.05) is 4.90 Å². The Morgan fingerprint density at radius 2 is 0.872 bits per heavy atom. The minimum Gasteiger partial charge on any atom is -0.310 e. The molecule has 224 valence electrons. The number of hydrogen-bond acceptors (Lipinski definition) is 1. The molecule has 0 amide bonds. The van der Waals surface area contributed by atoms with Crippen LogP contribution >= 0.6 is 0 Å². The van der Waals surface area contributed by atoms with E-state index < -0.39 is 0 Å². The van der Waals surface area contributed by atoms with Crippen LogP contribution in [0.1, 0.15) is 17.5 Å². The molecule has 0 aliphatic heterocycles. The highest BCUT2D eigenvalue weighted by molar-refractivity contribution is 5.92. The minimum atomic E-state index is 1.09. The molecule has 0 unspecified atom stereocenters. The number of fused-ring (bicyclic) bond motifs is 1. The van der Waals surface area contributed by atoms with Gasteiger partial charge in [-0.15, -0.1) is 0 Å². The molecule has 7 aromatic carbocycles. The van der Waals surface area contributed by atoms with Gasteiger partial charge in [0.05, 0.1) is 0 Å². The van der Waals surface area contributed by atoms with Gasteiger partial charge in [0.15, 0.2) is 0 Å². The van der Waals surface area contributed by atoms with Crippen molar-refractivity contribution in [2.45, 2.75) is 12.8 Å². The Morgan fingerprint density at radius 3 is 1.45 bits per heavy atom. The first kappa shape index (κ1) is 28.5. The fourth-order valence-corrected chi connectivity index (χ4v) is 6.78. The van der Waals surface area contributed by atoms with Crippen molar-refractivity contribution in [3.63, 3.8) is 0 Å². The van der Waals surface area contributed by atoms with Crippen LogP contribution in [0.25, 0.3) is 50.6 Å². The van der Waals surface area contributed by atoms with Gasteiger partial charge >= 0.3 is 0 Å². The molecule has 1 aliphatic carbocycles. The second-order valence-electron chi connectivity index (χ2n) is 12.1. The number of nitrogens with zero attached hydrogens (tertiary/aromatic N) is 1. The average molecular weight is 602 g/mol. The average Bonchev–Trinajstić information content (AvgIpc) is 3.16. The molecule has 1 aliphatic rings. The lowest BCUT2D eigenvalue weighted by Gasteiger charge is -2.27. The summed E-state index contributed by atoms with van der Waals surface area (Å²) < 4.78 is 0. The zero-order valence-electron chi connectivity index (χ0n) is 26.3. The van der Waals surface area contributed by atoms with E-state index in [-0.39, 0.29) is 0 Å². The van der Waals surface area contributed by atoms with Gasteiger partial charge in [-0.2, -0.15) is 0 Å². The summed E-state index contributed by atoms with van der Waals surface area (Å²) in [5, 5.41) is 0. The van der Waals surface area contributed by atoms with Crippen LogP contribution in [-0.4, -0.2) is 0 Å². The Kier molecular flexibility index (Phi) is 7.79. The van der Waals surface area contributed by atoms with Gasteiger partial charge in [0.25, 0.3) is 0 Å². The second-order valence-corrected chi connectivity index (χ2v) is 12.1. The van der Waals surface area contributed by atoms with Crippen LogP contribution in [-0.2, 0) is 6.42 Å². The number of allylic oxidation sites excluding steroid dienone is 1. The van der Waals surface area contributed by atoms with Crippen LogP contribution in [0, 0.1) is 0 Å². The quantitative estimate of drug-likeness (QED) is 0.176. The summed E-state index contributed by atoms with van der Waals surface area (Å²) in [6.45, 7) is 0. The van der Waals surface area contributed by atoms with Gasteiger partial charge in [0.1, 0.15) is 0 Å². The highest BCUT2D eigenvalue weighted by atomic mass is 15.1. The van der Waals surface area contributed by atoms with E-state index in [0.717, 1.165) is 29.9 Å². The summed E-state index contributed by atoms with van der Waals surface area (Å²) >= 11 is 0. The molecule has 0 saturated heterocycles. The third-order valence-electron chi connectivity index (χ3n) is 9.16. The fraction of sp³-hybridized carbons (Fsp3) is 0.0435. The van der Waals surface area contributed by atoms with Crippen LogP contribution in [0.3, 0.4) is 0 Å². The van der Waals surface area contributed by atoms with Gasteiger partial charge in [-0.3, -0.25) is 0 Å². The smallest absolute Gasteiger partial charge is 0.0468 e. The summed E-state index contributed by atoms with van der Waals surface area (Å²) in [5.74, 6) is 0. The molecule has 1 heteroatoms. The summed E-state index contributed by atoms with van der Waals surface area (Å²) in [6, 6.07) is 63.6. The van der Waals surface area contributed by atoms with Crippen molar-refractivity contribution < 1.29 is 0 Å². The molecular formula is C46H35N. The SMILES string of the molecule is C1=Cc2c(cccc2-c2ccc(N(c3ccc(-c4ccccc4)cc3)c3ccc(-c4ccccc4)cc3)cc2-c2ccccc2)CC1. The Morgan fingerprint density at radius 1 is 0.362 bits per heavy atom. The number of aryl methyl sites for hydroxylation is 1. The lowest BCUT2D eigenvalue weighted by molar-refractivity contribution is 0.986. The van der Waals surface area contributed by atoms with Crippen LogP contribution in [0.15, 0.2) is 182 Å².